The first kappa shape index (κ1) is 15.3. The van der Waals surface area contributed by atoms with Crippen LogP contribution in [0.25, 0.3) is 5.65 Å². The number of hydrogen-bond acceptors (Lipinski definition) is 6. The van der Waals surface area contributed by atoms with Crippen LogP contribution in [-0.2, 0) is 4.79 Å². The van der Waals surface area contributed by atoms with E-state index < -0.39 is 0 Å². The normalized spacial score (nSPS) is 22.5. The Labute approximate surface area is 141 Å². The summed E-state index contributed by atoms with van der Waals surface area (Å²) in [6.45, 7) is 2.86. The molecule has 0 bridgehead atoms. The summed E-state index contributed by atoms with van der Waals surface area (Å²) in [5.74, 6) is 1.23. The van der Waals surface area contributed by atoms with Crippen LogP contribution in [0.5, 0.6) is 0 Å². The van der Waals surface area contributed by atoms with E-state index in [9.17, 15) is 4.79 Å². The Hall–Kier alpha value is -2.22. The first-order chi connectivity index (χ1) is 11.6. The van der Waals surface area contributed by atoms with Gasteiger partial charge in [-0.1, -0.05) is 0 Å². The summed E-state index contributed by atoms with van der Waals surface area (Å²) >= 11 is 0. The van der Waals surface area contributed by atoms with Crippen LogP contribution in [-0.4, -0.2) is 81.3 Å². The van der Waals surface area contributed by atoms with Gasteiger partial charge in [0.2, 0.25) is 5.91 Å². The van der Waals surface area contributed by atoms with Gasteiger partial charge in [-0.25, -0.2) is 0 Å². The number of piperidine rings is 1. The van der Waals surface area contributed by atoms with Crippen molar-refractivity contribution in [1.82, 2.24) is 29.6 Å². The van der Waals surface area contributed by atoms with Crippen molar-refractivity contribution < 1.29 is 4.79 Å². The lowest BCUT2D eigenvalue weighted by atomic mass is 10.00. The maximum atomic E-state index is 11.8. The van der Waals surface area contributed by atoms with Crippen molar-refractivity contribution in [3.05, 3.63) is 18.5 Å². The summed E-state index contributed by atoms with van der Waals surface area (Å²) in [6.07, 6.45) is 4.44. The molecule has 0 spiro atoms. The van der Waals surface area contributed by atoms with E-state index in [1.54, 1.807) is 10.8 Å². The molecule has 4 rings (SSSR count). The molecule has 1 amide bonds. The quantitative estimate of drug-likeness (QED) is 0.801. The summed E-state index contributed by atoms with van der Waals surface area (Å²) in [5.41, 5.74) is 0.762. The Balaban J connectivity index is 1.33. The van der Waals surface area contributed by atoms with Crippen LogP contribution in [0, 0.1) is 0 Å². The second kappa shape index (κ2) is 6.01. The summed E-state index contributed by atoms with van der Waals surface area (Å²) in [4.78, 5) is 18.4. The van der Waals surface area contributed by atoms with Crippen molar-refractivity contribution >= 4 is 17.4 Å². The van der Waals surface area contributed by atoms with Gasteiger partial charge in [0.1, 0.15) is 12.1 Å². The third-order valence-corrected chi connectivity index (χ3v) is 5.33. The summed E-state index contributed by atoms with van der Waals surface area (Å²) in [6, 6.07) is 4.79. The fourth-order valence-electron chi connectivity index (χ4n) is 3.57. The highest BCUT2D eigenvalue weighted by Gasteiger charge is 2.34. The van der Waals surface area contributed by atoms with Gasteiger partial charge in [0.25, 0.3) is 0 Å². The maximum absolute atomic E-state index is 11.8. The zero-order chi connectivity index (χ0) is 16.7. The molecule has 1 unspecified atom stereocenters. The molecule has 0 saturated carbocycles. The number of rotatable bonds is 4. The lowest BCUT2D eigenvalue weighted by molar-refractivity contribution is -0.135. The van der Waals surface area contributed by atoms with Gasteiger partial charge in [0.15, 0.2) is 5.65 Å². The van der Waals surface area contributed by atoms with E-state index in [-0.39, 0.29) is 5.91 Å². The maximum Gasteiger partial charge on any atom is 0.222 e. The van der Waals surface area contributed by atoms with Gasteiger partial charge in [-0.3, -0.25) is 9.69 Å². The number of aromatic nitrogens is 4. The highest BCUT2D eigenvalue weighted by atomic mass is 16.2. The molecule has 4 heterocycles. The van der Waals surface area contributed by atoms with Crippen LogP contribution in [0.2, 0.25) is 0 Å². The topological polar surface area (TPSA) is 69.9 Å². The minimum Gasteiger partial charge on any atom is -0.352 e. The molecule has 2 aromatic heterocycles. The zero-order valence-corrected chi connectivity index (χ0v) is 14.2. The fourth-order valence-corrected chi connectivity index (χ4v) is 3.57. The SMILES string of the molecule is CN(CC1CCCC(=O)N1C)C1CN(c2ccc3nncn3n2)C1. The van der Waals surface area contributed by atoms with Gasteiger partial charge in [-0.05, 0) is 32.0 Å². The molecule has 0 radical (unpaired) electrons. The second-order valence-electron chi connectivity index (χ2n) is 6.87. The molecular weight excluding hydrogens is 306 g/mol. The van der Waals surface area contributed by atoms with Crippen molar-refractivity contribution in [2.45, 2.75) is 31.3 Å². The summed E-state index contributed by atoms with van der Waals surface area (Å²) < 4.78 is 1.70. The van der Waals surface area contributed by atoms with E-state index in [1.165, 1.54) is 0 Å². The van der Waals surface area contributed by atoms with E-state index in [0.29, 0.717) is 18.5 Å². The molecule has 2 aromatic rings. The Morgan fingerprint density at radius 1 is 1.33 bits per heavy atom. The van der Waals surface area contributed by atoms with Crippen molar-refractivity contribution in [2.75, 3.05) is 38.6 Å². The number of likely N-dealkylation sites (N-methyl/N-ethyl adjacent to an activating group) is 2. The molecule has 1 atom stereocenters. The number of amides is 1. The number of nitrogens with zero attached hydrogens (tertiary/aromatic N) is 7. The molecule has 2 fully saturated rings. The minimum atomic E-state index is 0.279. The minimum absolute atomic E-state index is 0.279. The lowest BCUT2D eigenvalue weighted by Gasteiger charge is -2.46. The van der Waals surface area contributed by atoms with Crippen molar-refractivity contribution in [1.29, 1.82) is 0 Å². The largest absolute Gasteiger partial charge is 0.352 e. The van der Waals surface area contributed by atoms with Crippen LogP contribution in [0.4, 0.5) is 5.82 Å². The Morgan fingerprint density at radius 2 is 2.17 bits per heavy atom. The van der Waals surface area contributed by atoms with E-state index in [1.807, 2.05) is 24.1 Å². The van der Waals surface area contributed by atoms with Gasteiger partial charge in [0.05, 0.1) is 0 Å². The third kappa shape index (κ3) is 2.71. The standard InChI is InChI=1S/C16H23N7O/c1-20(8-12-4-3-5-16(24)21(12)2)13-9-22(10-13)15-7-6-14-18-17-11-23(14)19-15/h6-7,11-13H,3-5,8-10H2,1-2H3. The molecule has 2 aliphatic heterocycles. The first-order valence-electron chi connectivity index (χ1n) is 8.50. The summed E-state index contributed by atoms with van der Waals surface area (Å²) in [7, 11) is 4.09. The number of anilines is 1. The van der Waals surface area contributed by atoms with Crippen molar-refractivity contribution in [3.8, 4) is 0 Å². The van der Waals surface area contributed by atoms with Gasteiger partial charge >= 0.3 is 0 Å². The van der Waals surface area contributed by atoms with Crippen LogP contribution >= 0.6 is 0 Å². The average Bonchev–Trinajstić information content (AvgIpc) is 2.98. The van der Waals surface area contributed by atoms with Crippen LogP contribution in [0.3, 0.4) is 0 Å². The number of carbonyl (C=O) groups is 1. The molecule has 2 saturated heterocycles. The molecule has 0 aromatic carbocycles. The zero-order valence-electron chi connectivity index (χ0n) is 14.2. The van der Waals surface area contributed by atoms with E-state index in [2.05, 4.69) is 32.1 Å². The Morgan fingerprint density at radius 3 is 3.00 bits per heavy atom. The average molecular weight is 329 g/mol. The van der Waals surface area contributed by atoms with Crippen LogP contribution in [0.1, 0.15) is 19.3 Å². The smallest absolute Gasteiger partial charge is 0.222 e. The monoisotopic (exact) mass is 329 g/mol. The van der Waals surface area contributed by atoms with Crippen LogP contribution < -0.4 is 4.90 Å². The molecule has 0 N–H and O–H groups in total. The second-order valence-corrected chi connectivity index (χ2v) is 6.87. The molecule has 0 aliphatic carbocycles. The molecule has 24 heavy (non-hydrogen) atoms. The predicted molar refractivity (Wildman–Crippen MR) is 89.8 cm³/mol. The van der Waals surface area contributed by atoms with E-state index in [0.717, 1.165) is 43.9 Å². The number of fused-ring (bicyclic) bond motifs is 1. The molecular formula is C16H23N7O. The third-order valence-electron chi connectivity index (χ3n) is 5.33. The Kier molecular flexibility index (Phi) is 3.84. The highest BCUT2D eigenvalue weighted by molar-refractivity contribution is 5.76. The molecule has 128 valence electrons. The van der Waals surface area contributed by atoms with Crippen LogP contribution in [0.15, 0.2) is 18.5 Å². The van der Waals surface area contributed by atoms with Gasteiger partial charge < -0.3 is 9.80 Å². The van der Waals surface area contributed by atoms with Gasteiger partial charge in [-0.15, -0.1) is 15.3 Å². The van der Waals surface area contributed by atoms with Crippen molar-refractivity contribution in [3.63, 3.8) is 0 Å². The van der Waals surface area contributed by atoms with Crippen molar-refractivity contribution in [2.24, 2.45) is 0 Å². The fraction of sp³-hybridized carbons (Fsp3) is 0.625. The van der Waals surface area contributed by atoms with Gasteiger partial charge in [0, 0.05) is 45.2 Å². The van der Waals surface area contributed by atoms with E-state index >= 15 is 0 Å². The number of hydrogen-bond donors (Lipinski definition) is 0. The number of carbonyl (C=O) groups excluding carboxylic acids is 1. The number of likely N-dealkylation sites (tertiary alicyclic amines) is 1. The Bertz CT molecular complexity index is 739. The molecule has 8 nitrogen and oxygen atoms in total. The van der Waals surface area contributed by atoms with E-state index in [4.69, 9.17) is 0 Å². The first-order valence-corrected chi connectivity index (χ1v) is 8.50. The summed E-state index contributed by atoms with van der Waals surface area (Å²) in [5, 5.41) is 12.4. The molecule has 2 aliphatic rings. The highest BCUT2D eigenvalue weighted by Crippen LogP contribution is 2.23. The predicted octanol–water partition coefficient (Wildman–Crippen LogP) is 0.256. The molecule has 8 heteroatoms. The van der Waals surface area contributed by atoms with Gasteiger partial charge in [-0.2, -0.15) is 4.52 Å². The lowest BCUT2D eigenvalue weighted by Crippen LogP contribution is -2.61.